The van der Waals surface area contributed by atoms with E-state index >= 15 is 0 Å². The van der Waals surface area contributed by atoms with Crippen LogP contribution in [0.15, 0.2) is 29.3 Å². The molecule has 8 nitrogen and oxygen atoms in total. The van der Waals surface area contributed by atoms with Crippen LogP contribution in [0.2, 0.25) is 0 Å². The molecule has 0 saturated carbocycles. The lowest BCUT2D eigenvalue weighted by Gasteiger charge is -2.40. The largest absolute Gasteiger partial charge is 0.444 e. The van der Waals surface area contributed by atoms with Crippen LogP contribution in [-0.2, 0) is 16.1 Å². The number of carbonyl (C=O) groups excluding carboxylic acids is 2. The zero-order valence-electron chi connectivity index (χ0n) is 18.1. The van der Waals surface area contributed by atoms with Crippen LogP contribution in [0.3, 0.4) is 0 Å². The molecule has 1 aromatic rings. The van der Waals surface area contributed by atoms with E-state index in [0.717, 1.165) is 24.2 Å². The number of ether oxygens (including phenoxy) is 1. The SMILES string of the molecule is CN=C(NCc1ccc(N2CCCC2=O)cc1)NC1CN(C(=O)OC(C)(C)C)C1.I. The Morgan fingerprint density at radius 1 is 1.23 bits per heavy atom. The second-order valence-electron chi connectivity index (χ2n) is 8.47. The quantitative estimate of drug-likeness (QED) is 0.356. The summed E-state index contributed by atoms with van der Waals surface area (Å²) in [4.78, 5) is 31.6. The molecule has 0 aliphatic carbocycles. The number of hydrogen-bond acceptors (Lipinski definition) is 4. The molecule has 2 fully saturated rings. The summed E-state index contributed by atoms with van der Waals surface area (Å²) < 4.78 is 5.37. The van der Waals surface area contributed by atoms with Gasteiger partial charge in [-0.3, -0.25) is 9.79 Å². The van der Waals surface area contributed by atoms with Gasteiger partial charge in [0.25, 0.3) is 0 Å². The van der Waals surface area contributed by atoms with Crippen molar-refractivity contribution in [3.05, 3.63) is 29.8 Å². The summed E-state index contributed by atoms with van der Waals surface area (Å²) in [5.74, 6) is 0.888. The molecule has 2 amide bonds. The smallest absolute Gasteiger partial charge is 0.410 e. The standard InChI is InChI=1S/C21H31N5O3.HI/c1-21(2,3)29-20(28)25-13-16(14-25)24-19(22-4)23-12-15-7-9-17(10-8-15)26-11-5-6-18(26)27;/h7-10,16H,5-6,11-14H2,1-4H3,(H2,22,23,24);1H. The average Bonchev–Trinajstić information content (AvgIpc) is 3.05. The van der Waals surface area contributed by atoms with Gasteiger partial charge in [0.1, 0.15) is 5.60 Å². The molecule has 30 heavy (non-hydrogen) atoms. The van der Waals surface area contributed by atoms with Gasteiger partial charge in [-0.15, -0.1) is 24.0 Å². The van der Waals surface area contributed by atoms with E-state index in [4.69, 9.17) is 4.74 Å². The Hall–Kier alpha value is -2.04. The van der Waals surface area contributed by atoms with Gasteiger partial charge >= 0.3 is 6.09 Å². The fraction of sp³-hybridized carbons (Fsp3) is 0.571. The Balaban J connectivity index is 0.00000320. The Labute approximate surface area is 195 Å². The van der Waals surface area contributed by atoms with Crippen molar-refractivity contribution in [1.29, 1.82) is 0 Å². The van der Waals surface area contributed by atoms with Crippen molar-refractivity contribution in [3.63, 3.8) is 0 Å². The van der Waals surface area contributed by atoms with E-state index in [1.165, 1.54) is 0 Å². The number of halogens is 1. The third-order valence-corrected chi connectivity index (χ3v) is 4.88. The minimum atomic E-state index is -0.481. The maximum Gasteiger partial charge on any atom is 0.410 e. The lowest BCUT2D eigenvalue weighted by molar-refractivity contribution is -0.117. The third-order valence-electron chi connectivity index (χ3n) is 4.88. The number of carbonyl (C=O) groups is 2. The molecule has 2 saturated heterocycles. The maximum absolute atomic E-state index is 12.0. The van der Waals surface area contributed by atoms with Crippen LogP contribution in [-0.4, -0.2) is 61.2 Å². The summed E-state index contributed by atoms with van der Waals surface area (Å²) in [6, 6.07) is 8.17. The lowest BCUT2D eigenvalue weighted by atomic mass is 10.1. The van der Waals surface area contributed by atoms with Gasteiger partial charge < -0.3 is 25.2 Å². The highest BCUT2D eigenvalue weighted by Gasteiger charge is 2.34. The van der Waals surface area contributed by atoms with Crippen LogP contribution in [0.5, 0.6) is 0 Å². The second-order valence-corrected chi connectivity index (χ2v) is 8.47. The molecule has 2 heterocycles. The number of aliphatic imine (C=N–C) groups is 1. The fourth-order valence-electron chi connectivity index (χ4n) is 3.33. The van der Waals surface area contributed by atoms with Crippen LogP contribution < -0.4 is 15.5 Å². The van der Waals surface area contributed by atoms with Crippen LogP contribution in [0.1, 0.15) is 39.2 Å². The first-order valence-electron chi connectivity index (χ1n) is 10.1. The number of benzene rings is 1. The van der Waals surface area contributed by atoms with E-state index in [1.54, 1.807) is 11.9 Å². The van der Waals surface area contributed by atoms with Crippen molar-refractivity contribution in [3.8, 4) is 0 Å². The fourth-order valence-corrected chi connectivity index (χ4v) is 3.33. The molecule has 3 rings (SSSR count). The van der Waals surface area contributed by atoms with Gasteiger partial charge in [-0.2, -0.15) is 0 Å². The van der Waals surface area contributed by atoms with E-state index in [9.17, 15) is 9.59 Å². The summed E-state index contributed by atoms with van der Waals surface area (Å²) >= 11 is 0. The topological polar surface area (TPSA) is 86.3 Å². The number of rotatable bonds is 4. The van der Waals surface area contributed by atoms with Gasteiger partial charge in [0, 0.05) is 45.3 Å². The van der Waals surface area contributed by atoms with E-state index in [2.05, 4.69) is 15.6 Å². The van der Waals surface area contributed by atoms with Crippen molar-refractivity contribution in [2.75, 3.05) is 31.6 Å². The van der Waals surface area contributed by atoms with Gasteiger partial charge in [0.05, 0.1) is 6.04 Å². The molecule has 2 aliphatic heterocycles. The second kappa shape index (κ2) is 10.3. The minimum Gasteiger partial charge on any atom is -0.444 e. The summed E-state index contributed by atoms with van der Waals surface area (Å²) in [5.41, 5.74) is 1.58. The molecular formula is C21H32IN5O3. The van der Waals surface area contributed by atoms with E-state index in [0.29, 0.717) is 32.0 Å². The zero-order valence-corrected chi connectivity index (χ0v) is 20.4. The molecule has 2 aliphatic rings. The van der Waals surface area contributed by atoms with Crippen molar-refractivity contribution in [1.82, 2.24) is 15.5 Å². The Kier molecular flexibility index (Phi) is 8.34. The average molecular weight is 529 g/mol. The van der Waals surface area contributed by atoms with E-state index in [-0.39, 0.29) is 42.0 Å². The first kappa shape index (κ1) is 24.2. The summed E-state index contributed by atoms with van der Waals surface area (Å²) in [6.45, 7) is 8.19. The number of amides is 2. The molecule has 2 N–H and O–H groups in total. The molecule has 1 aromatic carbocycles. The number of guanidine groups is 1. The molecular weight excluding hydrogens is 497 g/mol. The summed E-state index contributed by atoms with van der Waals surface area (Å²) in [6.07, 6.45) is 1.28. The van der Waals surface area contributed by atoms with Crippen LogP contribution in [0.4, 0.5) is 10.5 Å². The molecule has 0 bridgehead atoms. The predicted molar refractivity (Wildman–Crippen MR) is 128 cm³/mol. The van der Waals surface area contributed by atoms with Crippen LogP contribution >= 0.6 is 24.0 Å². The first-order valence-corrected chi connectivity index (χ1v) is 10.1. The van der Waals surface area contributed by atoms with Gasteiger partial charge in [-0.1, -0.05) is 12.1 Å². The lowest BCUT2D eigenvalue weighted by Crippen LogP contribution is -2.63. The van der Waals surface area contributed by atoms with E-state index < -0.39 is 5.60 Å². The van der Waals surface area contributed by atoms with Crippen molar-refractivity contribution in [2.45, 2.75) is 51.8 Å². The molecule has 0 aromatic heterocycles. The monoisotopic (exact) mass is 529 g/mol. The number of hydrogen-bond donors (Lipinski definition) is 2. The summed E-state index contributed by atoms with van der Waals surface area (Å²) in [5, 5.41) is 6.61. The maximum atomic E-state index is 12.0. The number of nitrogens with zero attached hydrogens (tertiary/aromatic N) is 3. The first-order chi connectivity index (χ1) is 13.7. The third kappa shape index (κ3) is 6.48. The Morgan fingerprint density at radius 3 is 2.43 bits per heavy atom. The van der Waals surface area contributed by atoms with E-state index in [1.807, 2.05) is 49.9 Å². The highest BCUT2D eigenvalue weighted by molar-refractivity contribution is 14.0. The zero-order chi connectivity index (χ0) is 21.0. The Morgan fingerprint density at radius 2 is 1.90 bits per heavy atom. The highest BCUT2D eigenvalue weighted by Crippen LogP contribution is 2.21. The minimum absolute atomic E-state index is 0. The number of nitrogens with one attached hydrogen (secondary N) is 2. The number of likely N-dealkylation sites (tertiary alicyclic amines) is 1. The molecule has 0 spiro atoms. The normalized spacial score (nSPS) is 17.3. The van der Waals surface area contributed by atoms with Crippen molar-refractivity contribution >= 4 is 47.6 Å². The number of anilines is 1. The van der Waals surface area contributed by atoms with Crippen LogP contribution in [0.25, 0.3) is 0 Å². The molecule has 0 unspecified atom stereocenters. The van der Waals surface area contributed by atoms with Crippen LogP contribution in [0, 0.1) is 0 Å². The highest BCUT2D eigenvalue weighted by atomic mass is 127. The van der Waals surface area contributed by atoms with Gasteiger partial charge in [-0.05, 0) is 44.9 Å². The Bertz CT molecular complexity index is 770. The van der Waals surface area contributed by atoms with Crippen molar-refractivity contribution < 1.29 is 14.3 Å². The molecule has 0 atom stereocenters. The molecule has 166 valence electrons. The summed E-state index contributed by atoms with van der Waals surface area (Å²) in [7, 11) is 1.72. The van der Waals surface area contributed by atoms with Gasteiger partial charge in [0.2, 0.25) is 5.91 Å². The molecule has 9 heteroatoms. The predicted octanol–water partition coefficient (Wildman–Crippen LogP) is 2.72. The van der Waals surface area contributed by atoms with Crippen molar-refractivity contribution in [2.24, 2.45) is 4.99 Å². The van der Waals surface area contributed by atoms with Gasteiger partial charge in [0.15, 0.2) is 5.96 Å². The van der Waals surface area contributed by atoms with Gasteiger partial charge in [-0.25, -0.2) is 4.79 Å². The molecule has 0 radical (unpaired) electrons.